The van der Waals surface area contributed by atoms with Crippen molar-refractivity contribution in [1.29, 1.82) is 0 Å². The van der Waals surface area contributed by atoms with Crippen LogP contribution in [-0.2, 0) is 4.74 Å². The van der Waals surface area contributed by atoms with E-state index in [9.17, 15) is 10.2 Å². The standard InChI is InChI=1S/C16H30O3/c1-3-5-7-9-11-15(17)13-19-14-16(18)12-10-8-6-4-2/h3-6,15-18H,7-14H2,1-2H3. The molecule has 19 heavy (non-hydrogen) atoms. The molecule has 0 heterocycles. The lowest BCUT2D eigenvalue weighted by Crippen LogP contribution is -2.21. The summed E-state index contributed by atoms with van der Waals surface area (Å²) in [6, 6.07) is 0. The summed E-state index contributed by atoms with van der Waals surface area (Å²) in [7, 11) is 0. The SMILES string of the molecule is CC=CCCCC(O)COCC(O)CCCC=CC. The third-order valence-corrected chi connectivity index (χ3v) is 2.91. The summed E-state index contributed by atoms with van der Waals surface area (Å²) >= 11 is 0. The summed E-state index contributed by atoms with van der Waals surface area (Å²) in [6.07, 6.45) is 12.9. The van der Waals surface area contributed by atoms with E-state index in [-0.39, 0.29) is 0 Å². The zero-order valence-corrected chi connectivity index (χ0v) is 12.4. The molecule has 0 amide bonds. The largest absolute Gasteiger partial charge is 0.391 e. The number of hydrogen-bond acceptors (Lipinski definition) is 3. The van der Waals surface area contributed by atoms with Crippen molar-refractivity contribution in [2.45, 2.75) is 64.6 Å². The molecule has 0 aliphatic rings. The van der Waals surface area contributed by atoms with Crippen molar-refractivity contribution in [2.24, 2.45) is 0 Å². The van der Waals surface area contributed by atoms with Crippen LogP contribution < -0.4 is 0 Å². The van der Waals surface area contributed by atoms with Crippen molar-refractivity contribution in [2.75, 3.05) is 13.2 Å². The van der Waals surface area contributed by atoms with Gasteiger partial charge in [0, 0.05) is 0 Å². The Kier molecular flexibility index (Phi) is 13.3. The van der Waals surface area contributed by atoms with Crippen LogP contribution in [0.1, 0.15) is 52.4 Å². The first kappa shape index (κ1) is 18.4. The topological polar surface area (TPSA) is 49.7 Å². The zero-order valence-electron chi connectivity index (χ0n) is 12.4. The van der Waals surface area contributed by atoms with Crippen molar-refractivity contribution >= 4 is 0 Å². The third-order valence-electron chi connectivity index (χ3n) is 2.91. The van der Waals surface area contributed by atoms with Crippen LogP contribution in [0.4, 0.5) is 0 Å². The number of hydrogen-bond donors (Lipinski definition) is 2. The van der Waals surface area contributed by atoms with Crippen LogP contribution in [0.25, 0.3) is 0 Å². The molecular weight excluding hydrogens is 240 g/mol. The van der Waals surface area contributed by atoms with Crippen LogP contribution in [0, 0.1) is 0 Å². The summed E-state index contributed by atoms with van der Waals surface area (Å²) in [6.45, 7) is 4.64. The molecule has 0 aromatic carbocycles. The summed E-state index contributed by atoms with van der Waals surface area (Å²) in [4.78, 5) is 0. The zero-order chi connectivity index (χ0) is 14.3. The van der Waals surface area contributed by atoms with E-state index in [0.717, 1.165) is 38.5 Å². The van der Waals surface area contributed by atoms with E-state index >= 15 is 0 Å². The maximum Gasteiger partial charge on any atom is 0.0773 e. The molecule has 0 rings (SSSR count). The Morgan fingerprint density at radius 1 is 0.842 bits per heavy atom. The van der Waals surface area contributed by atoms with E-state index in [1.807, 2.05) is 26.0 Å². The maximum atomic E-state index is 9.67. The molecule has 0 aliphatic carbocycles. The van der Waals surface area contributed by atoms with Crippen LogP contribution in [-0.4, -0.2) is 35.6 Å². The Morgan fingerprint density at radius 3 is 1.63 bits per heavy atom. The number of unbranched alkanes of at least 4 members (excludes halogenated alkanes) is 2. The minimum atomic E-state index is -0.416. The molecule has 0 saturated carbocycles. The Labute approximate surface area is 118 Å². The van der Waals surface area contributed by atoms with E-state index in [2.05, 4.69) is 12.2 Å². The normalized spacial score (nSPS) is 15.4. The number of aliphatic hydroxyl groups excluding tert-OH is 2. The second-order valence-corrected chi connectivity index (χ2v) is 4.84. The predicted octanol–water partition coefficient (Wildman–Crippen LogP) is 3.22. The summed E-state index contributed by atoms with van der Waals surface area (Å²) < 4.78 is 5.34. The van der Waals surface area contributed by atoms with Gasteiger partial charge in [0.25, 0.3) is 0 Å². The minimum absolute atomic E-state index is 0.321. The van der Waals surface area contributed by atoms with Gasteiger partial charge in [0.2, 0.25) is 0 Å². The van der Waals surface area contributed by atoms with Crippen molar-refractivity contribution in [3.8, 4) is 0 Å². The minimum Gasteiger partial charge on any atom is -0.391 e. The summed E-state index contributed by atoms with van der Waals surface area (Å²) in [5.74, 6) is 0. The van der Waals surface area contributed by atoms with Gasteiger partial charge in [-0.3, -0.25) is 0 Å². The van der Waals surface area contributed by atoms with Gasteiger partial charge >= 0.3 is 0 Å². The number of ether oxygens (including phenoxy) is 1. The molecule has 0 saturated heterocycles. The van der Waals surface area contributed by atoms with Crippen molar-refractivity contribution < 1.29 is 14.9 Å². The van der Waals surface area contributed by atoms with Gasteiger partial charge in [0.15, 0.2) is 0 Å². The predicted molar refractivity (Wildman–Crippen MR) is 80.2 cm³/mol. The fourth-order valence-corrected chi connectivity index (χ4v) is 1.78. The molecule has 0 aromatic heterocycles. The fourth-order valence-electron chi connectivity index (χ4n) is 1.78. The van der Waals surface area contributed by atoms with Gasteiger partial charge in [-0.15, -0.1) is 0 Å². The van der Waals surface area contributed by atoms with Crippen LogP contribution in [0.3, 0.4) is 0 Å². The van der Waals surface area contributed by atoms with Crippen LogP contribution in [0.2, 0.25) is 0 Å². The van der Waals surface area contributed by atoms with Crippen LogP contribution in [0.5, 0.6) is 0 Å². The van der Waals surface area contributed by atoms with Gasteiger partial charge in [-0.05, 0) is 52.4 Å². The molecule has 2 unspecified atom stereocenters. The van der Waals surface area contributed by atoms with Crippen LogP contribution >= 0.6 is 0 Å². The van der Waals surface area contributed by atoms with Gasteiger partial charge in [-0.1, -0.05) is 24.3 Å². The van der Waals surface area contributed by atoms with Crippen molar-refractivity contribution in [3.63, 3.8) is 0 Å². The Balaban J connectivity index is 3.39. The number of aliphatic hydroxyl groups is 2. The summed E-state index contributed by atoms with van der Waals surface area (Å²) in [5, 5.41) is 19.3. The maximum absolute atomic E-state index is 9.67. The first-order chi connectivity index (χ1) is 9.20. The van der Waals surface area contributed by atoms with Gasteiger partial charge < -0.3 is 14.9 Å². The molecule has 0 fully saturated rings. The molecule has 0 aromatic rings. The van der Waals surface area contributed by atoms with E-state index in [1.54, 1.807) is 0 Å². The van der Waals surface area contributed by atoms with E-state index in [1.165, 1.54) is 0 Å². The third kappa shape index (κ3) is 13.6. The Morgan fingerprint density at radius 2 is 1.26 bits per heavy atom. The number of allylic oxidation sites excluding steroid dienone is 4. The van der Waals surface area contributed by atoms with Crippen LogP contribution in [0.15, 0.2) is 24.3 Å². The molecule has 3 nitrogen and oxygen atoms in total. The molecule has 2 N–H and O–H groups in total. The van der Waals surface area contributed by atoms with E-state index in [4.69, 9.17) is 4.74 Å². The molecule has 0 spiro atoms. The van der Waals surface area contributed by atoms with Gasteiger partial charge in [-0.25, -0.2) is 0 Å². The highest BCUT2D eigenvalue weighted by molar-refractivity contribution is 4.77. The fraction of sp³-hybridized carbons (Fsp3) is 0.750. The quantitative estimate of drug-likeness (QED) is 0.423. The molecular formula is C16H30O3. The highest BCUT2D eigenvalue weighted by Crippen LogP contribution is 2.05. The highest BCUT2D eigenvalue weighted by atomic mass is 16.5. The second kappa shape index (κ2) is 13.8. The lowest BCUT2D eigenvalue weighted by atomic mass is 10.1. The molecule has 3 heteroatoms. The van der Waals surface area contributed by atoms with Crippen molar-refractivity contribution in [1.82, 2.24) is 0 Å². The lowest BCUT2D eigenvalue weighted by molar-refractivity contribution is -0.0125. The Bertz CT molecular complexity index is 212. The smallest absolute Gasteiger partial charge is 0.0773 e. The second-order valence-electron chi connectivity index (χ2n) is 4.84. The molecule has 0 radical (unpaired) electrons. The van der Waals surface area contributed by atoms with Gasteiger partial charge in [0.1, 0.15) is 0 Å². The molecule has 112 valence electrons. The molecule has 0 bridgehead atoms. The first-order valence-corrected chi connectivity index (χ1v) is 7.36. The first-order valence-electron chi connectivity index (χ1n) is 7.36. The average Bonchev–Trinajstić information content (AvgIpc) is 2.40. The Hall–Kier alpha value is -0.640. The average molecular weight is 270 g/mol. The van der Waals surface area contributed by atoms with Gasteiger partial charge in [-0.2, -0.15) is 0 Å². The monoisotopic (exact) mass is 270 g/mol. The number of rotatable bonds is 12. The molecule has 0 aliphatic heterocycles. The van der Waals surface area contributed by atoms with E-state index in [0.29, 0.717) is 13.2 Å². The summed E-state index contributed by atoms with van der Waals surface area (Å²) in [5.41, 5.74) is 0. The molecule has 2 atom stereocenters. The lowest BCUT2D eigenvalue weighted by Gasteiger charge is -2.13. The van der Waals surface area contributed by atoms with Gasteiger partial charge in [0.05, 0.1) is 25.4 Å². The van der Waals surface area contributed by atoms with Crippen molar-refractivity contribution in [3.05, 3.63) is 24.3 Å². The highest BCUT2D eigenvalue weighted by Gasteiger charge is 2.07. The van der Waals surface area contributed by atoms with E-state index < -0.39 is 12.2 Å².